The largest absolute Gasteiger partial charge is 0.465 e. The highest BCUT2D eigenvalue weighted by atomic mass is 35.5. The zero-order valence-corrected chi connectivity index (χ0v) is 13.1. The van der Waals surface area contributed by atoms with Gasteiger partial charge in [0.15, 0.2) is 0 Å². The summed E-state index contributed by atoms with van der Waals surface area (Å²) in [6.45, 7) is 8.60. The zero-order chi connectivity index (χ0) is 15.1. The van der Waals surface area contributed by atoms with Crippen LogP contribution in [0.3, 0.4) is 0 Å². The molecule has 1 aliphatic rings. The van der Waals surface area contributed by atoms with Gasteiger partial charge in [0.1, 0.15) is 6.54 Å². The minimum atomic E-state index is -0.552. The molecule has 0 aromatic heterocycles. The third-order valence-corrected chi connectivity index (χ3v) is 2.76. The Bertz CT molecular complexity index is 397. The number of alkyl halides is 1. The van der Waals surface area contributed by atoms with E-state index in [-0.39, 0.29) is 18.6 Å². The first-order chi connectivity index (χ1) is 9.47. The van der Waals surface area contributed by atoms with E-state index in [2.05, 4.69) is 20.6 Å². The van der Waals surface area contributed by atoms with Crippen molar-refractivity contribution in [2.24, 2.45) is 9.98 Å². The molecule has 0 aromatic rings. The smallest absolute Gasteiger partial charge is 0.327 e. The lowest BCUT2D eigenvalue weighted by Gasteiger charge is -2.33. The average molecular weight is 304 g/mol. The number of carbonyl (C=O) groups excluding carboxylic acids is 1. The molecular formula is C12H22ClN5O2. The maximum atomic E-state index is 11.4. The van der Waals surface area contributed by atoms with Crippen LogP contribution in [-0.2, 0) is 9.53 Å². The Morgan fingerprint density at radius 2 is 2.30 bits per heavy atom. The van der Waals surface area contributed by atoms with Gasteiger partial charge in [-0.3, -0.25) is 10.1 Å². The molecule has 1 aliphatic heterocycles. The molecule has 1 rings (SSSR count). The summed E-state index contributed by atoms with van der Waals surface area (Å²) in [5.41, 5.74) is -0.552. The number of nitrogens with zero attached hydrogens (tertiary/aromatic N) is 3. The number of ether oxygens (including phenoxy) is 1. The van der Waals surface area contributed by atoms with Crippen molar-refractivity contribution in [3.63, 3.8) is 0 Å². The van der Waals surface area contributed by atoms with Crippen LogP contribution in [-0.4, -0.2) is 54.2 Å². The molecule has 1 unspecified atom stereocenters. The first-order valence-electron chi connectivity index (χ1n) is 6.70. The van der Waals surface area contributed by atoms with Gasteiger partial charge < -0.3 is 15.0 Å². The average Bonchev–Trinajstić information content (AvgIpc) is 2.35. The van der Waals surface area contributed by atoms with E-state index >= 15 is 0 Å². The highest BCUT2D eigenvalue weighted by Crippen LogP contribution is 2.10. The van der Waals surface area contributed by atoms with Crippen LogP contribution in [0.25, 0.3) is 0 Å². The Morgan fingerprint density at radius 3 is 2.85 bits per heavy atom. The summed E-state index contributed by atoms with van der Waals surface area (Å²) in [5.74, 6) is 0.691. The van der Waals surface area contributed by atoms with Crippen molar-refractivity contribution in [3.8, 4) is 0 Å². The van der Waals surface area contributed by atoms with Gasteiger partial charge in [-0.25, -0.2) is 9.98 Å². The fraction of sp³-hybridized carbons (Fsp3) is 0.750. The molecule has 1 heterocycles. The van der Waals surface area contributed by atoms with Crippen molar-refractivity contribution in [2.75, 3.05) is 19.7 Å². The molecule has 0 radical (unpaired) electrons. The molecule has 0 aromatic carbocycles. The number of aliphatic imine (C=N–C) groups is 2. The highest BCUT2D eigenvalue weighted by Gasteiger charge is 2.25. The van der Waals surface area contributed by atoms with Gasteiger partial charge in [0.25, 0.3) is 0 Å². The number of esters is 1. The van der Waals surface area contributed by atoms with Gasteiger partial charge in [0.05, 0.1) is 6.61 Å². The molecule has 0 aliphatic carbocycles. The lowest BCUT2D eigenvalue weighted by atomic mass is 10.4. The van der Waals surface area contributed by atoms with E-state index in [0.717, 1.165) is 0 Å². The van der Waals surface area contributed by atoms with Gasteiger partial charge >= 0.3 is 5.97 Å². The van der Waals surface area contributed by atoms with Crippen LogP contribution in [0.5, 0.6) is 0 Å². The number of rotatable bonds is 5. The molecule has 0 saturated carbocycles. The van der Waals surface area contributed by atoms with E-state index in [1.165, 1.54) is 0 Å². The maximum absolute atomic E-state index is 11.4. The number of hydrogen-bond donors (Lipinski definition) is 2. The molecule has 0 bridgehead atoms. The molecule has 0 fully saturated rings. The summed E-state index contributed by atoms with van der Waals surface area (Å²) >= 11 is 6.19. The number of nitrogens with one attached hydrogen (secondary N) is 2. The Balaban J connectivity index is 2.79. The van der Waals surface area contributed by atoms with Crippen LogP contribution in [0.4, 0.5) is 0 Å². The summed E-state index contributed by atoms with van der Waals surface area (Å²) in [5, 5.41) is 6.17. The van der Waals surface area contributed by atoms with Gasteiger partial charge in [-0.2, -0.15) is 0 Å². The summed E-state index contributed by atoms with van der Waals surface area (Å²) in [4.78, 5) is 21.6. The van der Waals surface area contributed by atoms with Gasteiger partial charge in [0.2, 0.25) is 17.5 Å². The first-order valence-corrected chi connectivity index (χ1v) is 7.13. The van der Waals surface area contributed by atoms with Crippen molar-refractivity contribution in [2.45, 2.75) is 39.4 Å². The van der Waals surface area contributed by atoms with Crippen LogP contribution in [0.2, 0.25) is 0 Å². The minimum Gasteiger partial charge on any atom is -0.465 e. The van der Waals surface area contributed by atoms with Crippen molar-refractivity contribution in [3.05, 3.63) is 0 Å². The van der Waals surface area contributed by atoms with E-state index in [9.17, 15) is 4.79 Å². The van der Waals surface area contributed by atoms with Crippen molar-refractivity contribution >= 4 is 29.5 Å². The summed E-state index contributed by atoms with van der Waals surface area (Å²) in [6, 6.07) is 0.213. The van der Waals surface area contributed by atoms with Crippen LogP contribution in [0.1, 0.15) is 27.7 Å². The number of guanidine groups is 2. The Hall–Kier alpha value is -1.50. The van der Waals surface area contributed by atoms with E-state index in [0.29, 0.717) is 25.1 Å². The second-order valence-electron chi connectivity index (χ2n) is 4.44. The first kappa shape index (κ1) is 16.6. The van der Waals surface area contributed by atoms with Crippen molar-refractivity contribution in [1.82, 2.24) is 15.5 Å². The molecule has 0 saturated heterocycles. The Morgan fingerprint density at radius 1 is 1.60 bits per heavy atom. The molecule has 20 heavy (non-hydrogen) atoms. The molecule has 2 N–H and O–H groups in total. The van der Waals surface area contributed by atoms with Gasteiger partial charge in [-0.15, -0.1) is 0 Å². The molecule has 7 nitrogen and oxygen atoms in total. The van der Waals surface area contributed by atoms with E-state index in [1.807, 2.05) is 20.8 Å². The molecular weight excluding hydrogens is 282 g/mol. The predicted molar refractivity (Wildman–Crippen MR) is 79.8 cm³/mol. The van der Waals surface area contributed by atoms with E-state index in [4.69, 9.17) is 16.3 Å². The van der Waals surface area contributed by atoms with Crippen LogP contribution >= 0.6 is 11.6 Å². The summed E-state index contributed by atoms with van der Waals surface area (Å²) in [6.07, 6.45) is 0. The number of hydrogen-bond acceptors (Lipinski definition) is 5. The third kappa shape index (κ3) is 4.88. The standard InChI is InChI=1S/C12H22ClN5O2/c1-5-18-10(13)16-11(15-8(3)4)17-12(18)14-7-9(19)20-6-2/h8,10H,5-7H2,1-4H3,(H2,14,15,16,17). The predicted octanol–water partition coefficient (Wildman–Crippen LogP) is 0.707. The van der Waals surface area contributed by atoms with E-state index < -0.39 is 5.62 Å². The highest BCUT2D eigenvalue weighted by molar-refractivity contribution is 6.23. The van der Waals surface area contributed by atoms with Crippen molar-refractivity contribution < 1.29 is 9.53 Å². The lowest BCUT2D eigenvalue weighted by molar-refractivity contribution is -0.141. The fourth-order valence-corrected chi connectivity index (χ4v) is 1.94. The third-order valence-electron chi connectivity index (χ3n) is 2.42. The van der Waals surface area contributed by atoms with Gasteiger partial charge in [-0.1, -0.05) is 11.6 Å². The molecule has 1 atom stereocenters. The second kappa shape index (κ2) is 7.94. The maximum Gasteiger partial charge on any atom is 0.327 e. The molecule has 0 amide bonds. The molecule has 0 spiro atoms. The summed E-state index contributed by atoms with van der Waals surface area (Å²) in [7, 11) is 0. The Kier molecular flexibility index (Phi) is 6.57. The number of carbonyl (C=O) groups is 1. The van der Waals surface area contributed by atoms with Gasteiger partial charge in [-0.05, 0) is 27.7 Å². The van der Waals surface area contributed by atoms with Gasteiger partial charge in [0, 0.05) is 12.6 Å². The lowest BCUT2D eigenvalue weighted by Crippen LogP contribution is -2.56. The van der Waals surface area contributed by atoms with Crippen LogP contribution < -0.4 is 10.6 Å². The Labute approximate surface area is 124 Å². The normalized spacial score (nSPS) is 20.7. The zero-order valence-electron chi connectivity index (χ0n) is 12.3. The van der Waals surface area contributed by atoms with Crippen molar-refractivity contribution in [1.29, 1.82) is 0 Å². The fourth-order valence-electron chi connectivity index (χ4n) is 1.61. The van der Waals surface area contributed by atoms with Crippen LogP contribution in [0, 0.1) is 0 Å². The topological polar surface area (TPSA) is 78.3 Å². The SMILES string of the molecule is CCOC(=O)CN=C1NC(NC(C)C)=NC(Cl)N1CC. The second-order valence-corrected chi connectivity index (χ2v) is 4.83. The number of halogens is 1. The van der Waals surface area contributed by atoms with Crippen LogP contribution in [0.15, 0.2) is 9.98 Å². The molecule has 114 valence electrons. The minimum absolute atomic E-state index is 0.0504. The molecule has 8 heteroatoms. The monoisotopic (exact) mass is 303 g/mol. The quantitative estimate of drug-likeness (QED) is 0.444. The summed E-state index contributed by atoms with van der Waals surface area (Å²) < 4.78 is 4.85. The van der Waals surface area contributed by atoms with E-state index in [1.54, 1.807) is 11.8 Å².